The normalized spacial score (nSPS) is 14.7. The van der Waals surface area contributed by atoms with Gasteiger partial charge in [0.1, 0.15) is 0 Å². The summed E-state index contributed by atoms with van der Waals surface area (Å²) in [4.78, 5) is 34.7. The zero-order valence-electron chi connectivity index (χ0n) is 9.68. The van der Waals surface area contributed by atoms with Crippen molar-refractivity contribution in [2.75, 3.05) is 6.61 Å². The predicted molar refractivity (Wildman–Crippen MR) is 65.1 cm³/mol. The number of carbonyl (C=O) groups is 3. The molecule has 0 atom stereocenters. The average molecular weight is 267 g/mol. The Hall–Kier alpha value is -1.69. The minimum Gasteiger partial charge on any atom is -0.455 e. The van der Waals surface area contributed by atoms with E-state index in [0.717, 1.165) is 19.3 Å². The van der Waals surface area contributed by atoms with Crippen LogP contribution in [0.2, 0.25) is 0 Å². The summed E-state index contributed by atoms with van der Waals surface area (Å²) >= 11 is 1.24. The summed E-state index contributed by atoms with van der Waals surface area (Å²) in [7, 11) is 0. The third kappa shape index (κ3) is 3.16. The van der Waals surface area contributed by atoms with Crippen molar-refractivity contribution in [2.24, 2.45) is 5.92 Å². The number of ether oxygens (including phenoxy) is 1. The summed E-state index contributed by atoms with van der Waals surface area (Å²) in [5.41, 5.74) is 0. The first-order chi connectivity index (χ1) is 8.66. The third-order valence-corrected chi connectivity index (χ3v) is 3.65. The maximum atomic E-state index is 11.5. The van der Waals surface area contributed by atoms with Gasteiger partial charge in [0, 0.05) is 0 Å². The van der Waals surface area contributed by atoms with Crippen molar-refractivity contribution in [2.45, 2.75) is 19.3 Å². The van der Waals surface area contributed by atoms with Crippen LogP contribution in [0.25, 0.3) is 0 Å². The standard InChI is InChI=1S/C12H13NO4S/c14-10(7-17-12(16)8-3-1-4-8)13-11(15)9-5-2-6-18-9/h2,5-6,8H,1,3-4,7H2,(H,13,14,15). The molecule has 18 heavy (non-hydrogen) atoms. The first-order valence-electron chi connectivity index (χ1n) is 5.71. The minimum atomic E-state index is -0.596. The van der Waals surface area contributed by atoms with E-state index in [-0.39, 0.29) is 11.9 Å². The van der Waals surface area contributed by atoms with E-state index in [4.69, 9.17) is 4.74 Å². The van der Waals surface area contributed by atoms with Crippen LogP contribution >= 0.6 is 11.3 Å². The molecule has 1 N–H and O–H groups in total. The lowest BCUT2D eigenvalue weighted by molar-refractivity contribution is -0.154. The van der Waals surface area contributed by atoms with Gasteiger partial charge in [-0.1, -0.05) is 12.5 Å². The molecule has 1 aromatic rings. The van der Waals surface area contributed by atoms with Crippen LogP contribution in [0.4, 0.5) is 0 Å². The van der Waals surface area contributed by atoms with Crippen molar-refractivity contribution in [3.63, 3.8) is 0 Å². The van der Waals surface area contributed by atoms with Crippen LogP contribution in [0.15, 0.2) is 17.5 Å². The Morgan fingerprint density at radius 3 is 2.72 bits per heavy atom. The van der Waals surface area contributed by atoms with Gasteiger partial charge in [0.25, 0.3) is 11.8 Å². The molecule has 0 aromatic carbocycles. The van der Waals surface area contributed by atoms with E-state index in [1.807, 2.05) is 0 Å². The highest BCUT2D eigenvalue weighted by Gasteiger charge is 2.27. The Kier molecular flexibility index (Phi) is 4.09. The average Bonchev–Trinajstić information content (AvgIpc) is 2.77. The number of amides is 2. The smallest absolute Gasteiger partial charge is 0.309 e. The van der Waals surface area contributed by atoms with Gasteiger partial charge in [0.05, 0.1) is 10.8 Å². The van der Waals surface area contributed by atoms with Crippen molar-refractivity contribution < 1.29 is 19.1 Å². The highest BCUT2D eigenvalue weighted by Crippen LogP contribution is 2.27. The number of rotatable bonds is 4. The van der Waals surface area contributed by atoms with Gasteiger partial charge in [-0.25, -0.2) is 0 Å². The molecule has 1 aromatic heterocycles. The van der Waals surface area contributed by atoms with Gasteiger partial charge in [-0.15, -0.1) is 11.3 Å². The molecule has 0 unspecified atom stereocenters. The van der Waals surface area contributed by atoms with Crippen LogP contribution in [0.3, 0.4) is 0 Å². The van der Waals surface area contributed by atoms with Crippen LogP contribution in [0.5, 0.6) is 0 Å². The Balaban J connectivity index is 1.71. The van der Waals surface area contributed by atoms with E-state index >= 15 is 0 Å². The molecule has 1 fully saturated rings. The maximum absolute atomic E-state index is 11.5. The van der Waals surface area contributed by atoms with Crippen LogP contribution in [-0.2, 0) is 14.3 Å². The van der Waals surface area contributed by atoms with Crippen LogP contribution in [-0.4, -0.2) is 24.4 Å². The van der Waals surface area contributed by atoms with E-state index in [2.05, 4.69) is 5.32 Å². The molecule has 0 spiro atoms. The second-order valence-electron chi connectivity index (χ2n) is 4.09. The number of nitrogens with one attached hydrogen (secondary N) is 1. The van der Waals surface area contributed by atoms with Crippen molar-refractivity contribution in [3.05, 3.63) is 22.4 Å². The molecule has 1 heterocycles. The van der Waals surface area contributed by atoms with Crippen molar-refractivity contribution in [1.82, 2.24) is 5.32 Å². The number of thiophene rings is 1. The van der Waals surface area contributed by atoms with Crippen molar-refractivity contribution in [3.8, 4) is 0 Å². The number of hydrogen-bond acceptors (Lipinski definition) is 5. The molecule has 1 aliphatic carbocycles. The SMILES string of the molecule is O=C(COC(=O)C1CCC1)NC(=O)c1cccs1. The van der Waals surface area contributed by atoms with Crippen LogP contribution in [0, 0.1) is 5.92 Å². The summed E-state index contributed by atoms with van der Waals surface area (Å²) < 4.78 is 4.83. The topological polar surface area (TPSA) is 72.5 Å². The van der Waals surface area contributed by atoms with Crippen LogP contribution < -0.4 is 5.32 Å². The summed E-state index contributed by atoms with van der Waals surface area (Å²) in [5.74, 6) is -1.47. The van der Waals surface area contributed by atoms with E-state index in [1.54, 1.807) is 17.5 Å². The molecule has 6 heteroatoms. The highest BCUT2D eigenvalue weighted by molar-refractivity contribution is 7.12. The fourth-order valence-corrected chi connectivity index (χ4v) is 2.15. The highest BCUT2D eigenvalue weighted by atomic mass is 32.1. The van der Waals surface area contributed by atoms with Crippen molar-refractivity contribution in [1.29, 1.82) is 0 Å². The molecule has 1 aliphatic rings. The second-order valence-corrected chi connectivity index (χ2v) is 5.04. The minimum absolute atomic E-state index is 0.0641. The van der Waals surface area contributed by atoms with E-state index in [9.17, 15) is 14.4 Å². The first-order valence-corrected chi connectivity index (χ1v) is 6.59. The van der Waals surface area contributed by atoms with Gasteiger partial charge in [0.2, 0.25) is 0 Å². The lowest BCUT2D eigenvalue weighted by Crippen LogP contribution is -2.35. The summed E-state index contributed by atoms with van der Waals surface area (Å²) in [6.45, 7) is -0.396. The maximum Gasteiger partial charge on any atom is 0.309 e. The molecular weight excluding hydrogens is 254 g/mol. The number of hydrogen-bond donors (Lipinski definition) is 1. The second kappa shape index (κ2) is 5.77. The Labute approximate surface area is 108 Å². The summed E-state index contributed by atoms with van der Waals surface area (Å²) in [6, 6.07) is 3.34. The Morgan fingerprint density at radius 1 is 1.39 bits per heavy atom. The molecule has 2 rings (SSSR count). The fraction of sp³-hybridized carbons (Fsp3) is 0.417. The predicted octanol–water partition coefficient (Wildman–Crippen LogP) is 1.35. The first kappa shape index (κ1) is 12.8. The van der Waals surface area contributed by atoms with Gasteiger partial charge in [-0.2, -0.15) is 0 Å². The van der Waals surface area contributed by atoms with Gasteiger partial charge in [0.15, 0.2) is 6.61 Å². The fourth-order valence-electron chi connectivity index (χ4n) is 1.53. The monoisotopic (exact) mass is 267 g/mol. The van der Waals surface area contributed by atoms with Crippen LogP contribution in [0.1, 0.15) is 28.9 Å². The van der Waals surface area contributed by atoms with Gasteiger partial charge >= 0.3 is 5.97 Å². The number of carbonyl (C=O) groups excluding carboxylic acids is 3. The van der Waals surface area contributed by atoms with Crippen molar-refractivity contribution >= 4 is 29.1 Å². The Morgan fingerprint density at radius 2 is 2.17 bits per heavy atom. The molecule has 96 valence electrons. The lowest BCUT2D eigenvalue weighted by Gasteiger charge is -2.22. The van der Waals surface area contributed by atoms with Gasteiger partial charge in [-0.05, 0) is 24.3 Å². The van der Waals surface area contributed by atoms with E-state index in [0.29, 0.717) is 4.88 Å². The lowest BCUT2D eigenvalue weighted by atomic mass is 9.86. The molecule has 0 saturated heterocycles. The summed E-state index contributed by atoms with van der Waals surface area (Å²) in [5, 5.41) is 3.91. The molecule has 0 aliphatic heterocycles. The number of esters is 1. The quantitative estimate of drug-likeness (QED) is 0.836. The number of imide groups is 1. The zero-order valence-corrected chi connectivity index (χ0v) is 10.5. The zero-order chi connectivity index (χ0) is 13.0. The van der Waals surface area contributed by atoms with E-state index < -0.39 is 18.4 Å². The van der Waals surface area contributed by atoms with E-state index in [1.165, 1.54) is 11.3 Å². The molecular formula is C12H13NO4S. The molecule has 1 saturated carbocycles. The molecule has 2 amide bonds. The molecule has 0 bridgehead atoms. The molecule has 0 radical (unpaired) electrons. The van der Waals surface area contributed by atoms with Gasteiger partial charge in [-0.3, -0.25) is 19.7 Å². The largest absolute Gasteiger partial charge is 0.455 e. The Bertz CT molecular complexity index is 451. The third-order valence-electron chi connectivity index (χ3n) is 2.78. The van der Waals surface area contributed by atoms with Gasteiger partial charge < -0.3 is 4.74 Å². The molecule has 5 nitrogen and oxygen atoms in total. The summed E-state index contributed by atoms with van der Waals surface area (Å²) in [6.07, 6.45) is 2.69.